The van der Waals surface area contributed by atoms with Gasteiger partial charge in [-0.25, -0.2) is 0 Å². The second kappa shape index (κ2) is 6.26. The lowest BCUT2D eigenvalue weighted by atomic mass is 9.78. The summed E-state index contributed by atoms with van der Waals surface area (Å²) in [5, 5.41) is 0. The molecule has 22 heavy (non-hydrogen) atoms. The third-order valence-electron chi connectivity index (χ3n) is 2.64. The maximum Gasteiger partial charge on any atom is 0.636 e. The number of alkyl halides is 3. The molecule has 1 heterocycles. The van der Waals surface area contributed by atoms with Gasteiger partial charge in [0, 0.05) is 5.46 Å². The van der Waals surface area contributed by atoms with Gasteiger partial charge in [0.15, 0.2) is 0 Å². The van der Waals surface area contributed by atoms with Crippen LogP contribution in [-0.2, 0) is 18.9 Å². The van der Waals surface area contributed by atoms with E-state index in [2.05, 4.69) is 4.74 Å². The van der Waals surface area contributed by atoms with Crippen molar-refractivity contribution < 1.29 is 36.8 Å². The first-order valence-electron chi connectivity index (χ1n) is 6.16. The molecule has 1 aliphatic rings. The van der Waals surface area contributed by atoms with Crippen molar-refractivity contribution in [3.63, 3.8) is 0 Å². The molecule has 0 aromatic heterocycles. The fourth-order valence-electron chi connectivity index (χ4n) is 1.83. The quantitative estimate of drug-likeness (QED) is 0.732. The first kappa shape index (κ1) is 16.2. The molecule has 0 spiro atoms. The summed E-state index contributed by atoms with van der Waals surface area (Å²) >= 11 is 0. The number of ether oxygens (including phenoxy) is 1. The summed E-state index contributed by atoms with van der Waals surface area (Å²) in [6.45, 7) is -0.269. The highest BCUT2D eigenvalue weighted by molar-refractivity contribution is 6.64. The van der Waals surface area contributed by atoms with Gasteiger partial charge in [-0.2, -0.15) is 0 Å². The molecular weight excluding hydrogens is 306 g/mol. The van der Waals surface area contributed by atoms with Crippen molar-refractivity contribution in [2.75, 3.05) is 20.1 Å². The van der Waals surface area contributed by atoms with E-state index in [9.17, 15) is 22.8 Å². The molecule has 1 aliphatic heterocycles. The molecule has 0 atom stereocenters. The zero-order valence-electron chi connectivity index (χ0n) is 11.4. The zero-order valence-corrected chi connectivity index (χ0v) is 11.4. The van der Waals surface area contributed by atoms with E-state index in [1.54, 1.807) is 0 Å². The number of hydrogen-bond donors (Lipinski definition) is 0. The average molecular weight is 317 g/mol. The molecule has 1 aromatic carbocycles. The summed E-state index contributed by atoms with van der Waals surface area (Å²) in [4.78, 5) is 24.6. The molecule has 1 aromatic rings. The molecule has 118 valence electrons. The van der Waals surface area contributed by atoms with Gasteiger partial charge in [-0.1, -0.05) is 12.1 Å². The lowest BCUT2D eigenvalue weighted by Crippen LogP contribution is -2.47. The summed E-state index contributed by atoms with van der Waals surface area (Å²) in [7, 11) is 0.117. The summed E-state index contributed by atoms with van der Waals surface area (Å²) in [5.74, 6) is -1.83. The van der Waals surface area contributed by atoms with E-state index in [0.717, 1.165) is 12.1 Å². The third kappa shape index (κ3) is 4.66. The summed E-state index contributed by atoms with van der Waals surface area (Å²) in [6.07, 6.45) is -4.85. The Labute approximate surface area is 123 Å². The Hall–Kier alpha value is -2.23. The van der Waals surface area contributed by atoms with Gasteiger partial charge in [0.2, 0.25) is 0 Å². The molecule has 0 N–H and O–H groups in total. The number of rotatable bonds is 2. The number of carbonyl (C=O) groups excluding carboxylic acids is 2. The van der Waals surface area contributed by atoms with Gasteiger partial charge in [0.1, 0.15) is 5.75 Å². The van der Waals surface area contributed by atoms with Crippen LogP contribution in [-0.4, -0.2) is 50.5 Å². The normalized spacial score (nSPS) is 17.4. The van der Waals surface area contributed by atoms with Crippen molar-refractivity contribution in [2.45, 2.75) is 6.36 Å². The van der Waals surface area contributed by atoms with E-state index in [4.69, 9.17) is 9.31 Å². The maximum atomic E-state index is 12.2. The van der Waals surface area contributed by atoms with E-state index in [-0.39, 0.29) is 18.6 Å². The van der Waals surface area contributed by atoms with Gasteiger partial charge >= 0.3 is 25.4 Å². The van der Waals surface area contributed by atoms with Gasteiger partial charge in [-0.05, 0) is 19.2 Å². The number of halogens is 3. The second-order valence-corrected chi connectivity index (χ2v) is 4.60. The Morgan fingerprint density at radius 3 is 2.32 bits per heavy atom. The molecule has 2 rings (SSSR count). The van der Waals surface area contributed by atoms with Crippen LogP contribution in [0, 0.1) is 0 Å². The minimum absolute atomic E-state index is 0.0630. The fourth-order valence-corrected chi connectivity index (χ4v) is 1.83. The summed E-state index contributed by atoms with van der Waals surface area (Å²) < 4.78 is 50.3. The standard InChI is InChI=1S/C12H11BF3NO5/c1-17-6-10(18)21-13(22-11(19)7-17)8-3-2-4-9(5-8)20-12(14,15)16/h2-5H,6-7H2,1H3. The molecule has 0 bridgehead atoms. The van der Waals surface area contributed by atoms with Crippen LogP contribution in [0.1, 0.15) is 0 Å². The largest absolute Gasteiger partial charge is 0.636 e. The SMILES string of the molecule is CN1CC(=O)OB(c2cccc(OC(F)(F)F)c2)OC(=O)C1. The monoisotopic (exact) mass is 317 g/mol. The van der Waals surface area contributed by atoms with Gasteiger partial charge in [-0.15, -0.1) is 13.2 Å². The predicted molar refractivity (Wildman–Crippen MR) is 68.2 cm³/mol. The van der Waals surface area contributed by atoms with Crippen LogP contribution in [0.25, 0.3) is 0 Å². The van der Waals surface area contributed by atoms with Crippen molar-refractivity contribution in [1.82, 2.24) is 4.90 Å². The van der Waals surface area contributed by atoms with Crippen LogP contribution in [0.4, 0.5) is 13.2 Å². The summed E-state index contributed by atoms with van der Waals surface area (Å²) in [6, 6.07) is 4.70. The Kier molecular flexibility index (Phi) is 4.60. The fraction of sp³-hybridized carbons (Fsp3) is 0.333. The van der Waals surface area contributed by atoms with Gasteiger partial charge < -0.3 is 14.0 Å². The van der Waals surface area contributed by atoms with Crippen LogP contribution >= 0.6 is 0 Å². The van der Waals surface area contributed by atoms with Crippen LogP contribution < -0.4 is 10.2 Å². The molecular formula is C12H11BF3NO5. The minimum atomic E-state index is -4.85. The van der Waals surface area contributed by atoms with E-state index in [1.165, 1.54) is 24.1 Å². The highest BCUT2D eigenvalue weighted by Crippen LogP contribution is 2.21. The molecule has 0 amide bonds. The van der Waals surface area contributed by atoms with Crippen molar-refractivity contribution in [1.29, 1.82) is 0 Å². The molecule has 6 nitrogen and oxygen atoms in total. The first-order valence-corrected chi connectivity index (χ1v) is 6.16. The van der Waals surface area contributed by atoms with Crippen molar-refractivity contribution >= 4 is 24.5 Å². The highest BCUT2D eigenvalue weighted by atomic mass is 19.4. The topological polar surface area (TPSA) is 65.1 Å². The molecule has 1 saturated heterocycles. The van der Waals surface area contributed by atoms with Crippen molar-refractivity contribution in [3.8, 4) is 5.75 Å². The Bertz CT molecular complexity index is 560. The number of carbonyl (C=O) groups is 2. The van der Waals surface area contributed by atoms with Gasteiger partial charge in [0.05, 0.1) is 13.1 Å². The molecule has 0 unspecified atom stereocenters. The number of hydrogen-bond acceptors (Lipinski definition) is 6. The van der Waals surface area contributed by atoms with E-state index in [1.807, 2.05) is 0 Å². The smallest absolute Gasteiger partial charge is 0.494 e. The Balaban J connectivity index is 2.20. The van der Waals surface area contributed by atoms with Gasteiger partial charge in [0.25, 0.3) is 0 Å². The van der Waals surface area contributed by atoms with Crippen LogP contribution in [0.2, 0.25) is 0 Å². The lowest BCUT2D eigenvalue weighted by molar-refractivity contribution is -0.274. The van der Waals surface area contributed by atoms with E-state index < -0.39 is 31.2 Å². The third-order valence-corrected chi connectivity index (χ3v) is 2.64. The number of nitrogens with zero attached hydrogens (tertiary/aromatic N) is 1. The Morgan fingerprint density at radius 1 is 1.18 bits per heavy atom. The lowest BCUT2D eigenvalue weighted by Gasteiger charge is -2.22. The van der Waals surface area contributed by atoms with Crippen LogP contribution in [0.5, 0.6) is 5.75 Å². The second-order valence-electron chi connectivity index (χ2n) is 4.60. The molecule has 0 radical (unpaired) electrons. The van der Waals surface area contributed by atoms with Crippen LogP contribution in [0.3, 0.4) is 0 Å². The maximum absolute atomic E-state index is 12.2. The molecule has 10 heteroatoms. The number of benzene rings is 1. The van der Waals surface area contributed by atoms with Crippen LogP contribution in [0.15, 0.2) is 24.3 Å². The highest BCUT2D eigenvalue weighted by Gasteiger charge is 2.35. The Morgan fingerprint density at radius 2 is 1.77 bits per heavy atom. The first-order chi connectivity index (χ1) is 10.2. The van der Waals surface area contributed by atoms with Gasteiger partial charge in [-0.3, -0.25) is 14.5 Å². The van der Waals surface area contributed by atoms with E-state index >= 15 is 0 Å². The molecule has 0 saturated carbocycles. The number of likely N-dealkylation sites (N-methyl/N-ethyl adjacent to an activating group) is 1. The zero-order chi connectivity index (χ0) is 16.3. The predicted octanol–water partition coefficient (Wildman–Crippen LogP) is 0.312. The van der Waals surface area contributed by atoms with Crippen molar-refractivity contribution in [3.05, 3.63) is 24.3 Å². The molecule has 1 fully saturated rings. The van der Waals surface area contributed by atoms with E-state index in [0.29, 0.717) is 0 Å². The molecule has 0 aliphatic carbocycles. The summed E-state index contributed by atoms with van der Waals surface area (Å²) in [5.41, 5.74) is 0.0630. The average Bonchev–Trinajstić information content (AvgIpc) is 2.34. The minimum Gasteiger partial charge on any atom is -0.494 e. The van der Waals surface area contributed by atoms with Crippen molar-refractivity contribution in [2.24, 2.45) is 0 Å².